The van der Waals surface area contributed by atoms with Crippen LogP contribution in [0.4, 0.5) is 0 Å². The van der Waals surface area contributed by atoms with Crippen LogP contribution in [0.3, 0.4) is 0 Å². The Balaban J connectivity index is 1.32. The van der Waals surface area contributed by atoms with Gasteiger partial charge in [-0.3, -0.25) is 0 Å². The molecule has 5 nitrogen and oxygen atoms in total. The van der Waals surface area contributed by atoms with Crippen molar-refractivity contribution in [1.29, 1.82) is 0 Å². The molecule has 0 spiro atoms. The normalized spacial score (nSPS) is 14.9. The van der Waals surface area contributed by atoms with Crippen molar-refractivity contribution in [2.45, 2.75) is 6.10 Å². The SMILES string of the molecule is COc1cc(C=Cc2cccc3ccccc23)ccc1OC(=O)C1COc2ccccc2O1. The van der Waals surface area contributed by atoms with Gasteiger partial charge in [0.2, 0.25) is 6.10 Å². The van der Waals surface area contributed by atoms with Crippen LogP contribution in [-0.4, -0.2) is 25.8 Å². The van der Waals surface area contributed by atoms with Crippen molar-refractivity contribution in [3.63, 3.8) is 0 Å². The fourth-order valence-electron chi connectivity index (χ4n) is 3.76. The highest BCUT2D eigenvalue weighted by atomic mass is 16.6. The zero-order valence-corrected chi connectivity index (χ0v) is 18.1. The summed E-state index contributed by atoms with van der Waals surface area (Å²) in [7, 11) is 1.54. The Kier molecular flexibility index (Phi) is 5.68. The molecule has 4 aromatic rings. The lowest BCUT2D eigenvalue weighted by Crippen LogP contribution is -2.39. The minimum Gasteiger partial charge on any atom is -0.493 e. The highest BCUT2D eigenvalue weighted by molar-refractivity contribution is 5.92. The topological polar surface area (TPSA) is 54.0 Å². The van der Waals surface area contributed by atoms with Gasteiger partial charge in [-0.2, -0.15) is 0 Å². The molecule has 1 atom stereocenters. The third-order valence-corrected chi connectivity index (χ3v) is 5.45. The summed E-state index contributed by atoms with van der Waals surface area (Å²) in [5, 5.41) is 2.38. The molecule has 1 aliphatic rings. The standard InChI is InChI=1S/C28H22O5/c1-30-26-17-19(13-15-21-9-6-8-20-7-2-3-10-22(20)21)14-16-25(26)33-28(29)27-18-31-23-11-4-5-12-24(23)32-27/h2-17,27H,18H2,1H3. The lowest BCUT2D eigenvalue weighted by Gasteiger charge is -2.25. The molecule has 1 aliphatic heterocycles. The molecule has 0 amide bonds. The largest absolute Gasteiger partial charge is 0.493 e. The third-order valence-electron chi connectivity index (χ3n) is 5.45. The van der Waals surface area contributed by atoms with Gasteiger partial charge in [-0.1, -0.05) is 72.8 Å². The Morgan fingerprint density at radius 1 is 0.879 bits per heavy atom. The summed E-state index contributed by atoms with van der Waals surface area (Å²) in [5.74, 6) is 1.38. The van der Waals surface area contributed by atoms with E-state index in [0.717, 1.165) is 11.1 Å². The first kappa shape index (κ1) is 20.6. The van der Waals surface area contributed by atoms with Crippen molar-refractivity contribution in [1.82, 2.24) is 0 Å². The number of carbonyl (C=O) groups excluding carboxylic acids is 1. The second-order valence-corrected chi connectivity index (χ2v) is 7.60. The van der Waals surface area contributed by atoms with E-state index in [4.69, 9.17) is 18.9 Å². The van der Waals surface area contributed by atoms with Crippen LogP contribution in [0.5, 0.6) is 23.0 Å². The predicted molar refractivity (Wildman–Crippen MR) is 128 cm³/mol. The van der Waals surface area contributed by atoms with Crippen LogP contribution in [0.2, 0.25) is 0 Å². The molecule has 0 aromatic heterocycles. The maximum atomic E-state index is 12.7. The molecule has 4 aromatic carbocycles. The van der Waals surface area contributed by atoms with Gasteiger partial charge in [-0.05, 0) is 46.2 Å². The van der Waals surface area contributed by atoms with Crippen molar-refractivity contribution in [3.8, 4) is 23.0 Å². The summed E-state index contributed by atoms with van der Waals surface area (Å²) < 4.78 is 22.4. The van der Waals surface area contributed by atoms with Crippen LogP contribution in [0.1, 0.15) is 11.1 Å². The third kappa shape index (κ3) is 4.39. The number of para-hydroxylation sites is 2. The number of methoxy groups -OCH3 is 1. The van der Waals surface area contributed by atoms with E-state index in [1.54, 1.807) is 25.3 Å². The van der Waals surface area contributed by atoms with Crippen LogP contribution in [0.15, 0.2) is 84.9 Å². The lowest BCUT2D eigenvalue weighted by atomic mass is 10.0. The van der Waals surface area contributed by atoms with Crippen molar-refractivity contribution in [3.05, 3.63) is 96.1 Å². The van der Waals surface area contributed by atoms with E-state index < -0.39 is 12.1 Å². The number of hydrogen-bond acceptors (Lipinski definition) is 5. The smallest absolute Gasteiger partial charge is 0.356 e. The van der Waals surface area contributed by atoms with E-state index in [1.165, 1.54) is 10.8 Å². The summed E-state index contributed by atoms with van der Waals surface area (Å²) in [5.41, 5.74) is 2.04. The molecule has 33 heavy (non-hydrogen) atoms. The van der Waals surface area contributed by atoms with E-state index in [1.807, 2.05) is 48.5 Å². The predicted octanol–water partition coefficient (Wildman–Crippen LogP) is 5.76. The van der Waals surface area contributed by atoms with Crippen LogP contribution in [0, 0.1) is 0 Å². The van der Waals surface area contributed by atoms with Gasteiger partial charge >= 0.3 is 5.97 Å². The number of benzene rings is 4. The number of ether oxygens (including phenoxy) is 4. The van der Waals surface area contributed by atoms with E-state index in [9.17, 15) is 4.79 Å². The molecule has 5 rings (SSSR count). The van der Waals surface area contributed by atoms with E-state index >= 15 is 0 Å². The molecular weight excluding hydrogens is 416 g/mol. The zero-order chi connectivity index (χ0) is 22.6. The molecule has 0 saturated heterocycles. The van der Waals surface area contributed by atoms with Gasteiger partial charge in [0.15, 0.2) is 23.0 Å². The van der Waals surface area contributed by atoms with Gasteiger partial charge in [0.1, 0.15) is 6.61 Å². The van der Waals surface area contributed by atoms with Crippen molar-refractivity contribution in [2.75, 3.05) is 13.7 Å². The molecule has 0 saturated carbocycles. The zero-order valence-electron chi connectivity index (χ0n) is 18.1. The van der Waals surface area contributed by atoms with E-state index in [0.29, 0.717) is 23.0 Å². The number of hydrogen-bond donors (Lipinski definition) is 0. The molecule has 5 heteroatoms. The Labute approximate surface area is 191 Å². The minimum atomic E-state index is -0.851. The summed E-state index contributed by atoms with van der Waals surface area (Å²) in [6.45, 7) is 0.0873. The maximum Gasteiger partial charge on any atom is 0.356 e. The fraction of sp³-hybridized carbons (Fsp3) is 0.107. The number of rotatable bonds is 5. The Morgan fingerprint density at radius 2 is 1.67 bits per heavy atom. The van der Waals surface area contributed by atoms with Gasteiger partial charge in [0.25, 0.3) is 0 Å². The summed E-state index contributed by atoms with van der Waals surface area (Å²) >= 11 is 0. The van der Waals surface area contributed by atoms with E-state index in [2.05, 4.69) is 30.3 Å². The van der Waals surface area contributed by atoms with Crippen LogP contribution in [0.25, 0.3) is 22.9 Å². The highest BCUT2D eigenvalue weighted by Gasteiger charge is 2.29. The highest BCUT2D eigenvalue weighted by Crippen LogP contribution is 2.33. The van der Waals surface area contributed by atoms with Crippen LogP contribution < -0.4 is 18.9 Å². The second kappa shape index (κ2) is 9.09. The second-order valence-electron chi connectivity index (χ2n) is 7.60. The Hall–Kier alpha value is -4.25. The number of esters is 1. The molecule has 164 valence electrons. The maximum absolute atomic E-state index is 12.7. The number of carbonyl (C=O) groups is 1. The van der Waals surface area contributed by atoms with Crippen molar-refractivity contribution >= 4 is 28.9 Å². The average molecular weight is 438 g/mol. The van der Waals surface area contributed by atoms with Gasteiger partial charge < -0.3 is 18.9 Å². The first-order valence-electron chi connectivity index (χ1n) is 10.7. The quantitative estimate of drug-likeness (QED) is 0.225. The van der Waals surface area contributed by atoms with Crippen molar-refractivity contribution < 1.29 is 23.7 Å². The molecule has 0 fully saturated rings. The van der Waals surface area contributed by atoms with Gasteiger partial charge in [-0.25, -0.2) is 4.79 Å². The Bertz CT molecular complexity index is 1340. The average Bonchev–Trinajstić information content (AvgIpc) is 2.87. The molecular formula is C28H22O5. The van der Waals surface area contributed by atoms with Gasteiger partial charge in [-0.15, -0.1) is 0 Å². The molecule has 0 radical (unpaired) electrons. The van der Waals surface area contributed by atoms with Gasteiger partial charge in [0, 0.05) is 0 Å². The van der Waals surface area contributed by atoms with Crippen LogP contribution in [-0.2, 0) is 4.79 Å². The minimum absolute atomic E-state index is 0.0873. The monoisotopic (exact) mass is 438 g/mol. The first-order chi connectivity index (χ1) is 16.2. The lowest BCUT2D eigenvalue weighted by molar-refractivity contribution is -0.144. The molecule has 0 N–H and O–H groups in total. The molecule has 1 unspecified atom stereocenters. The summed E-state index contributed by atoms with van der Waals surface area (Å²) in [4.78, 5) is 12.7. The van der Waals surface area contributed by atoms with Crippen LogP contribution >= 0.6 is 0 Å². The van der Waals surface area contributed by atoms with Gasteiger partial charge in [0.05, 0.1) is 7.11 Å². The molecule has 0 aliphatic carbocycles. The summed E-state index contributed by atoms with van der Waals surface area (Å²) in [6.07, 6.45) is 3.22. The van der Waals surface area contributed by atoms with E-state index in [-0.39, 0.29) is 6.61 Å². The summed E-state index contributed by atoms with van der Waals surface area (Å²) in [6, 6.07) is 27.1. The number of fused-ring (bicyclic) bond motifs is 2. The Morgan fingerprint density at radius 3 is 2.55 bits per heavy atom. The van der Waals surface area contributed by atoms with Crippen molar-refractivity contribution in [2.24, 2.45) is 0 Å². The molecule has 0 bridgehead atoms. The first-order valence-corrected chi connectivity index (χ1v) is 10.7. The fourth-order valence-corrected chi connectivity index (χ4v) is 3.76. The molecule has 1 heterocycles.